The minimum absolute atomic E-state index is 0.157. The van der Waals surface area contributed by atoms with E-state index in [4.69, 9.17) is 11.6 Å². The Morgan fingerprint density at radius 1 is 1.06 bits per heavy atom. The predicted octanol–water partition coefficient (Wildman–Crippen LogP) is 4.89. The second-order valence-electron chi connectivity index (χ2n) is 7.51. The van der Waals surface area contributed by atoms with E-state index in [0.29, 0.717) is 34.9 Å². The van der Waals surface area contributed by atoms with Crippen molar-refractivity contribution in [2.24, 2.45) is 0 Å². The van der Waals surface area contributed by atoms with Crippen LogP contribution in [0.1, 0.15) is 28.8 Å². The Morgan fingerprint density at radius 3 is 2.52 bits per heavy atom. The van der Waals surface area contributed by atoms with Gasteiger partial charge in [-0.1, -0.05) is 17.7 Å². The molecule has 3 aromatic rings. The molecule has 2 heterocycles. The van der Waals surface area contributed by atoms with E-state index >= 15 is 0 Å². The molecule has 0 aliphatic carbocycles. The number of carbonyl (C=O) groups is 1. The first-order valence-corrected chi connectivity index (χ1v) is 12.0. The van der Waals surface area contributed by atoms with Crippen molar-refractivity contribution in [2.45, 2.75) is 19.8 Å². The highest BCUT2D eigenvalue weighted by Gasteiger charge is 2.26. The number of benzene rings is 2. The number of anilines is 2. The summed E-state index contributed by atoms with van der Waals surface area (Å²) in [4.78, 5) is 17.1. The Bertz CT molecular complexity index is 1210. The largest absolute Gasteiger partial charge is 0.322 e. The molecule has 0 spiro atoms. The van der Waals surface area contributed by atoms with E-state index in [0.717, 1.165) is 23.2 Å². The molecule has 4 rings (SSSR count). The van der Waals surface area contributed by atoms with Crippen molar-refractivity contribution in [1.29, 1.82) is 0 Å². The fourth-order valence-electron chi connectivity index (χ4n) is 3.49. The van der Waals surface area contributed by atoms with Gasteiger partial charge in [0, 0.05) is 29.6 Å². The number of aryl methyl sites for hydroxylation is 1. The first-order chi connectivity index (χ1) is 14.8. The SMILES string of the molecule is Cc1ccc(-c2cc(NC(=O)c3ccc(N4CCCCS4(=O)=O)cc3)ccc2Cl)nc1. The normalized spacial score (nSPS) is 15.5. The number of carbonyl (C=O) groups excluding carboxylic acids is 1. The summed E-state index contributed by atoms with van der Waals surface area (Å²) in [5, 5.41) is 3.41. The van der Waals surface area contributed by atoms with Gasteiger partial charge in [-0.05, 0) is 73.9 Å². The maximum Gasteiger partial charge on any atom is 0.255 e. The van der Waals surface area contributed by atoms with Gasteiger partial charge in [-0.2, -0.15) is 0 Å². The molecule has 8 heteroatoms. The van der Waals surface area contributed by atoms with Crippen LogP contribution < -0.4 is 9.62 Å². The van der Waals surface area contributed by atoms with Gasteiger partial charge in [-0.25, -0.2) is 8.42 Å². The number of nitrogens with one attached hydrogen (secondary N) is 1. The third-order valence-electron chi connectivity index (χ3n) is 5.18. The number of pyridine rings is 1. The van der Waals surface area contributed by atoms with Gasteiger partial charge in [-0.15, -0.1) is 0 Å². The zero-order valence-corrected chi connectivity index (χ0v) is 18.6. The highest BCUT2D eigenvalue weighted by atomic mass is 35.5. The van der Waals surface area contributed by atoms with Gasteiger partial charge in [-0.3, -0.25) is 14.1 Å². The molecule has 6 nitrogen and oxygen atoms in total. The monoisotopic (exact) mass is 455 g/mol. The summed E-state index contributed by atoms with van der Waals surface area (Å²) < 4.78 is 26.0. The number of amides is 1. The van der Waals surface area contributed by atoms with Gasteiger partial charge in [0.25, 0.3) is 5.91 Å². The summed E-state index contributed by atoms with van der Waals surface area (Å²) >= 11 is 6.33. The summed E-state index contributed by atoms with van der Waals surface area (Å²) in [7, 11) is -3.28. The first-order valence-electron chi connectivity index (χ1n) is 9.98. The molecule has 160 valence electrons. The lowest BCUT2D eigenvalue weighted by Crippen LogP contribution is -2.37. The average Bonchev–Trinajstić information content (AvgIpc) is 2.75. The van der Waals surface area contributed by atoms with Crippen molar-refractivity contribution in [2.75, 3.05) is 21.9 Å². The fraction of sp³-hybridized carbons (Fsp3) is 0.217. The zero-order chi connectivity index (χ0) is 22.0. The molecule has 1 aliphatic rings. The van der Waals surface area contributed by atoms with Crippen LogP contribution >= 0.6 is 11.6 Å². The molecule has 0 radical (unpaired) electrons. The summed E-state index contributed by atoms with van der Waals surface area (Å²) in [5.74, 6) is -0.137. The molecular weight excluding hydrogens is 434 g/mol. The molecule has 0 unspecified atom stereocenters. The molecule has 1 fully saturated rings. The van der Waals surface area contributed by atoms with E-state index in [9.17, 15) is 13.2 Å². The standard InChI is InChI=1S/C23H22ClN3O3S/c1-16-4-11-22(25-15-16)20-14-18(7-10-21(20)24)26-23(28)17-5-8-19(9-6-17)27-12-2-3-13-31(27,29)30/h4-11,14-15H,2-3,12-13H2,1H3,(H,26,28). The van der Waals surface area contributed by atoms with Gasteiger partial charge in [0.2, 0.25) is 10.0 Å². The molecule has 2 aromatic carbocycles. The second kappa shape index (κ2) is 8.69. The number of hydrogen-bond acceptors (Lipinski definition) is 4. The Morgan fingerprint density at radius 2 is 1.84 bits per heavy atom. The Kier molecular flexibility index (Phi) is 5.98. The summed E-state index contributed by atoms with van der Waals surface area (Å²) in [6, 6.07) is 15.7. The van der Waals surface area contributed by atoms with E-state index in [1.165, 1.54) is 4.31 Å². The van der Waals surface area contributed by atoms with Crippen LogP contribution in [0.2, 0.25) is 5.02 Å². The summed E-state index contributed by atoms with van der Waals surface area (Å²) in [6.07, 6.45) is 3.28. The third kappa shape index (κ3) is 4.73. The van der Waals surface area contributed by atoms with Gasteiger partial charge < -0.3 is 5.32 Å². The molecular formula is C23H22ClN3O3S. The lowest BCUT2D eigenvalue weighted by molar-refractivity contribution is 0.102. The zero-order valence-electron chi connectivity index (χ0n) is 17.0. The van der Waals surface area contributed by atoms with Crippen LogP contribution in [0.4, 0.5) is 11.4 Å². The Balaban J connectivity index is 1.52. The van der Waals surface area contributed by atoms with Gasteiger partial charge >= 0.3 is 0 Å². The van der Waals surface area contributed by atoms with E-state index in [-0.39, 0.29) is 11.7 Å². The van der Waals surface area contributed by atoms with E-state index < -0.39 is 10.0 Å². The molecule has 0 saturated carbocycles. The fourth-order valence-corrected chi connectivity index (χ4v) is 5.34. The maximum atomic E-state index is 12.7. The number of halogens is 1. The van der Waals surface area contributed by atoms with Crippen LogP contribution in [-0.4, -0.2) is 31.6 Å². The van der Waals surface area contributed by atoms with Crippen LogP contribution in [0, 0.1) is 6.92 Å². The number of nitrogens with zero attached hydrogens (tertiary/aromatic N) is 2. The third-order valence-corrected chi connectivity index (χ3v) is 7.38. The first kappa shape index (κ1) is 21.3. The number of rotatable bonds is 4. The number of hydrogen-bond donors (Lipinski definition) is 1. The predicted molar refractivity (Wildman–Crippen MR) is 124 cm³/mol. The molecule has 0 atom stereocenters. The van der Waals surface area contributed by atoms with Gasteiger partial charge in [0.1, 0.15) is 0 Å². The van der Waals surface area contributed by atoms with Crippen molar-refractivity contribution >= 4 is 38.9 Å². The van der Waals surface area contributed by atoms with Gasteiger partial charge in [0.05, 0.1) is 22.2 Å². The Hall–Kier alpha value is -2.90. The minimum atomic E-state index is -3.28. The van der Waals surface area contributed by atoms with Gasteiger partial charge in [0.15, 0.2) is 0 Å². The quantitative estimate of drug-likeness (QED) is 0.607. The molecule has 1 aliphatic heterocycles. The molecule has 1 N–H and O–H groups in total. The lowest BCUT2D eigenvalue weighted by Gasteiger charge is -2.28. The number of sulfonamides is 1. The second-order valence-corrected chi connectivity index (χ2v) is 9.93. The van der Waals surface area contributed by atoms with Crippen molar-refractivity contribution in [3.05, 3.63) is 76.9 Å². The maximum absolute atomic E-state index is 12.7. The smallest absolute Gasteiger partial charge is 0.255 e. The summed E-state index contributed by atoms with van der Waals surface area (Å²) in [6.45, 7) is 2.43. The summed E-state index contributed by atoms with van der Waals surface area (Å²) in [5.41, 5.74) is 4.10. The van der Waals surface area contributed by atoms with Crippen LogP contribution in [0.3, 0.4) is 0 Å². The highest BCUT2D eigenvalue weighted by molar-refractivity contribution is 7.92. The lowest BCUT2D eigenvalue weighted by atomic mass is 10.1. The molecule has 31 heavy (non-hydrogen) atoms. The van der Waals surface area contributed by atoms with Crippen LogP contribution in [0.5, 0.6) is 0 Å². The molecule has 1 aromatic heterocycles. The average molecular weight is 456 g/mol. The van der Waals surface area contributed by atoms with Crippen LogP contribution in [0.15, 0.2) is 60.8 Å². The van der Waals surface area contributed by atoms with Crippen molar-refractivity contribution in [3.63, 3.8) is 0 Å². The highest BCUT2D eigenvalue weighted by Crippen LogP contribution is 2.30. The van der Waals surface area contributed by atoms with E-state index in [1.54, 1.807) is 48.7 Å². The van der Waals surface area contributed by atoms with Crippen molar-refractivity contribution < 1.29 is 13.2 Å². The number of aromatic nitrogens is 1. The topological polar surface area (TPSA) is 79.4 Å². The van der Waals surface area contributed by atoms with E-state index in [2.05, 4.69) is 10.3 Å². The molecule has 1 amide bonds. The van der Waals surface area contributed by atoms with Crippen LogP contribution in [0.25, 0.3) is 11.3 Å². The van der Waals surface area contributed by atoms with Crippen molar-refractivity contribution in [3.8, 4) is 11.3 Å². The Labute approximate surface area is 186 Å². The van der Waals surface area contributed by atoms with E-state index in [1.807, 2.05) is 19.1 Å². The van der Waals surface area contributed by atoms with Crippen molar-refractivity contribution in [1.82, 2.24) is 4.98 Å². The van der Waals surface area contributed by atoms with Crippen LogP contribution in [-0.2, 0) is 10.0 Å². The molecule has 0 bridgehead atoms. The molecule has 1 saturated heterocycles. The minimum Gasteiger partial charge on any atom is -0.322 e.